The van der Waals surface area contributed by atoms with Crippen molar-refractivity contribution in [2.45, 2.75) is 19.9 Å². The third kappa shape index (κ3) is 3.67. The molecule has 0 fully saturated rings. The minimum absolute atomic E-state index is 0.106. The lowest BCUT2D eigenvalue weighted by Gasteiger charge is -2.14. The Bertz CT molecular complexity index is 447. The smallest absolute Gasteiger partial charge is 0.241 e. The molecule has 1 aromatic rings. The number of aryl methyl sites for hydroxylation is 1. The Hall–Kier alpha value is -1.69. The first-order valence-electron chi connectivity index (χ1n) is 5.20. The molecule has 0 saturated heterocycles. The van der Waals surface area contributed by atoms with Gasteiger partial charge in [-0.15, -0.1) is 0 Å². The topological polar surface area (TPSA) is 80.0 Å². The van der Waals surface area contributed by atoms with E-state index >= 15 is 0 Å². The standard InChI is InChI=1S/C11H16N4OS/c1-6-4-8(10(12)17)5-9(14-6)15-7(2)11(16)13-3/h4-5,7H,1-3H3,(H2,12,17)(H,13,16)(H,14,15). The van der Waals surface area contributed by atoms with Crippen LogP contribution >= 0.6 is 12.2 Å². The Morgan fingerprint density at radius 2 is 2.18 bits per heavy atom. The highest BCUT2D eigenvalue weighted by atomic mass is 32.1. The molecule has 1 amide bonds. The van der Waals surface area contributed by atoms with Gasteiger partial charge in [-0.05, 0) is 26.0 Å². The van der Waals surface area contributed by atoms with Gasteiger partial charge in [-0.3, -0.25) is 4.79 Å². The molecule has 0 aromatic carbocycles. The number of thiocarbonyl (C=S) groups is 1. The summed E-state index contributed by atoms with van der Waals surface area (Å²) in [5.41, 5.74) is 7.09. The first kappa shape index (κ1) is 13.4. The molecule has 1 heterocycles. The van der Waals surface area contributed by atoms with Crippen molar-refractivity contribution in [1.82, 2.24) is 10.3 Å². The van der Waals surface area contributed by atoms with Crippen LogP contribution in [0.2, 0.25) is 0 Å². The molecule has 0 bridgehead atoms. The van der Waals surface area contributed by atoms with Gasteiger partial charge in [0, 0.05) is 18.3 Å². The van der Waals surface area contributed by atoms with Crippen LogP contribution in [0, 0.1) is 6.92 Å². The number of pyridine rings is 1. The van der Waals surface area contributed by atoms with E-state index in [0.29, 0.717) is 10.8 Å². The molecule has 0 radical (unpaired) electrons. The van der Waals surface area contributed by atoms with Crippen LogP contribution in [0.5, 0.6) is 0 Å². The van der Waals surface area contributed by atoms with Gasteiger partial charge in [-0.1, -0.05) is 12.2 Å². The minimum Gasteiger partial charge on any atom is -0.389 e. The number of amides is 1. The van der Waals surface area contributed by atoms with Gasteiger partial charge >= 0.3 is 0 Å². The lowest BCUT2D eigenvalue weighted by atomic mass is 10.2. The van der Waals surface area contributed by atoms with Gasteiger partial charge in [0.05, 0.1) is 0 Å². The van der Waals surface area contributed by atoms with Gasteiger partial charge in [0.2, 0.25) is 5.91 Å². The molecule has 5 nitrogen and oxygen atoms in total. The number of carbonyl (C=O) groups is 1. The summed E-state index contributed by atoms with van der Waals surface area (Å²) < 4.78 is 0. The number of aromatic nitrogens is 1. The number of nitrogens with zero attached hydrogens (tertiary/aromatic N) is 1. The lowest BCUT2D eigenvalue weighted by molar-refractivity contribution is -0.121. The van der Waals surface area contributed by atoms with E-state index in [0.717, 1.165) is 11.3 Å². The summed E-state index contributed by atoms with van der Waals surface area (Å²) >= 11 is 4.91. The Morgan fingerprint density at radius 1 is 1.53 bits per heavy atom. The van der Waals surface area contributed by atoms with Crippen molar-refractivity contribution in [3.8, 4) is 0 Å². The van der Waals surface area contributed by atoms with Crippen molar-refractivity contribution in [3.63, 3.8) is 0 Å². The van der Waals surface area contributed by atoms with E-state index in [-0.39, 0.29) is 11.9 Å². The van der Waals surface area contributed by atoms with Gasteiger partial charge < -0.3 is 16.4 Å². The monoisotopic (exact) mass is 252 g/mol. The second-order valence-electron chi connectivity index (χ2n) is 3.73. The van der Waals surface area contributed by atoms with Crippen LogP contribution < -0.4 is 16.4 Å². The highest BCUT2D eigenvalue weighted by molar-refractivity contribution is 7.80. The fourth-order valence-electron chi connectivity index (χ4n) is 1.39. The van der Waals surface area contributed by atoms with Crippen molar-refractivity contribution in [2.24, 2.45) is 5.73 Å². The van der Waals surface area contributed by atoms with E-state index in [4.69, 9.17) is 18.0 Å². The SMILES string of the molecule is CNC(=O)C(C)Nc1cc(C(N)=S)cc(C)n1. The molecule has 0 aliphatic carbocycles. The maximum atomic E-state index is 11.4. The average molecular weight is 252 g/mol. The van der Waals surface area contributed by atoms with Gasteiger partial charge in [0.25, 0.3) is 0 Å². The number of hydrogen-bond acceptors (Lipinski definition) is 4. The van der Waals surface area contributed by atoms with E-state index in [1.165, 1.54) is 0 Å². The summed E-state index contributed by atoms with van der Waals surface area (Å²) in [6.45, 7) is 3.60. The molecule has 17 heavy (non-hydrogen) atoms. The molecule has 1 aromatic heterocycles. The van der Waals surface area contributed by atoms with Crippen LogP contribution in [0.15, 0.2) is 12.1 Å². The highest BCUT2D eigenvalue weighted by Gasteiger charge is 2.11. The number of nitrogens with one attached hydrogen (secondary N) is 2. The third-order valence-corrected chi connectivity index (χ3v) is 2.48. The maximum Gasteiger partial charge on any atom is 0.241 e. The van der Waals surface area contributed by atoms with E-state index in [2.05, 4.69) is 15.6 Å². The molecular formula is C11H16N4OS. The van der Waals surface area contributed by atoms with Gasteiger partial charge in [-0.25, -0.2) is 4.98 Å². The van der Waals surface area contributed by atoms with E-state index in [1.54, 1.807) is 26.1 Å². The zero-order valence-corrected chi connectivity index (χ0v) is 10.9. The zero-order chi connectivity index (χ0) is 13.0. The summed E-state index contributed by atoms with van der Waals surface area (Å²) in [6.07, 6.45) is 0. The van der Waals surface area contributed by atoms with Crippen LogP contribution in [-0.4, -0.2) is 29.0 Å². The quantitative estimate of drug-likeness (QED) is 0.683. The summed E-state index contributed by atoms with van der Waals surface area (Å²) in [7, 11) is 1.59. The molecular weight excluding hydrogens is 236 g/mol. The van der Waals surface area contributed by atoms with Crippen LogP contribution in [0.1, 0.15) is 18.2 Å². The van der Waals surface area contributed by atoms with E-state index < -0.39 is 0 Å². The number of likely N-dealkylation sites (N-methyl/N-ethyl adjacent to an activating group) is 1. The second kappa shape index (κ2) is 5.58. The van der Waals surface area contributed by atoms with Gasteiger partial charge in [0.15, 0.2) is 0 Å². The zero-order valence-electron chi connectivity index (χ0n) is 10.1. The third-order valence-electron chi connectivity index (χ3n) is 2.24. The van der Waals surface area contributed by atoms with Crippen LogP contribution in [0.4, 0.5) is 5.82 Å². The highest BCUT2D eigenvalue weighted by Crippen LogP contribution is 2.11. The maximum absolute atomic E-state index is 11.4. The lowest BCUT2D eigenvalue weighted by Crippen LogP contribution is -2.35. The predicted octanol–water partition coefficient (Wildman–Crippen LogP) is 0.571. The summed E-state index contributed by atoms with van der Waals surface area (Å²) in [5.74, 6) is 0.481. The van der Waals surface area contributed by atoms with Crippen LogP contribution in [0.25, 0.3) is 0 Å². The normalized spacial score (nSPS) is 11.7. The fourth-order valence-corrected chi connectivity index (χ4v) is 1.51. The molecule has 92 valence electrons. The molecule has 0 spiro atoms. The van der Waals surface area contributed by atoms with Crippen LogP contribution in [-0.2, 0) is 4.79 Å². The number of nitrogens with two attached hydrogens (primary N) is 1. The minimum atomic E-state index is -0.367. The van der Waals surface area contributed by atoms with Crippen molar-refractivity contribution in [3.05, 3.63) is 23.4 Å². The van der Waals surface area contributed by atoms with Crippen molar-refractivity contribution < 1.29 is 4.79 Å². The first-order chi connectivity index (χ1) is 7.93. The Balaban J connectivity index is 2.91. The number of hydrogen-bond donors (Lipinski definition) is 3. The number of carbonyl (C=O) groups excluding carboxylic acids is 1. The second-order valence-corrected chi connectivity index (χ2v) is 4.17. The first-order valence-corrected chi connectivity index (χ1v) is 5.61. The molecule has 0 aliphatic heterocycles. The Kier molecular flexibility index (Phi) is 4.39. The fraction of sp³-hybridized carbons (Fsp3) is 0.364. The molecule has 0 aliphatic rings. The van der Waals surface area contributed by atoms with E-state index in [1.807, 2.05) is 6.92 Å². The summed E-state index contributed by atoms with van der Waals surface area (Å²) in [5, 5.41) is 5.55. The molecule has 6 heteroatoms. The van der Waals surface area contributed by atoms with E-state index in [9.17, 15) is 4.79 Å². The van der Waals surface area contributed by atoms with Gasteiger partial charge in [0.1, 0.15) is 16.8 Å². The Labute approximate surface area is 106 Å². The Morgan fingerprint density at radius 3 is 2.71 bits per heavy atom. The summed E-state index contributed by atoms with van der Waals surface area (Å²) in [6, 6.07) is 3.17. The van der Waals surface area contributed by atoms with Gasteiger partial charge in [-0.2, -0.15) is 0 Å². The van der Waals surface area contributed by atoms with Crippen molar-refractivity contribution in [1.29, 1.82) is 0 Å². The number of rotatable bonds is 4. The molecule has 4 N–H and O–H groups in total. The van der Waals surface area contributed by atoms with Crippen molar-refractivity contribution >= 4 is 28.9 Å². The number of anilines is 1. The average Bonchev–Trinajstić information content (AvgIpc) is 2.26. The molecule has 1 unspecified atom stereocenters. The summed E-state index contributed by atoms with van der Waals surface area (Å²) in [4.78, 5) is 15.9. The molecule has 1 atom stereocenters. The molecule has 0 saturated carbocycles. The van der Waals surface area contributed by atoms with Crippen LogP contribution in [0.3, 0.4) is 0 Å². The largest absolute Gasteiger partial charge is 0.389 e. The van der Waals surface area contributed by atoms with Crippen molar-refractivity contribution in [2.75, 3.05) is 12.4 Å². The molecule has 1 rings (SSSR count). The predicted molar refractivity (Wildman–Crippen MR) is 72.0 cm³/mol.